The lowest BCUT2D eigenvalue weighted by Gasteiger charge is -2.30. The van der Waals surface area contributed by atoms with Gasteiger partial charge in [-0.05, 0) is 40.7 Å². The van der Waals surface area contributed by atoms with Gasteiger partial charge in [0, 0.05) is 6.04 Å². The second-order valence-corrected chi connectivity index (χ2v) is 5.61. The zero-order chi connectivity index (χ0) is 12.5. The van der Waals surface area contributed by atoms with E-state index in [1.54, 1.807) is 0 Å². The molecule has 2 rings (SSSR count). The van der Waals surface area contributed by atoms with E-state index in [4.69, 9.17) is 0 Å². The zero-order valence-electron chi connectivity index (χ0n) is 11.5. The highest BCUT2D eigenvalue weighted by Crippen LogP contribution is 2.32. The molecule has 1 aliphatic carbocycles. The predicted octanol–water partition coefficient (Wildman–Crippen LogP) is 2.55. The molecule has 1 aromatic rings. The van der Waals surface area contributed by atoms with E-state index in [0.29, 0.717) is 6.04 Å². The van der Waals surface area contributed by atoms with Crippen molar-refractivity contribution in [1.29, 1.82) is 0 Å². The quantitative estimate of drug-likeness (QED) is 0.877. The summed E-state index contributed by atoms with van der Waals surface area (Å²) in [4.78, 5) is 0. The van der Waals surface area contributed by atoms with Crippen LogP contribution in [-0.2, 0) is 5.54 Å². The van der Waals surface area contributed by atoms with Crippen molar-refractivity contribution in [3.63, 3.8) is 0 Å². The molecule has 1 fully saturated rings. The molecule has 1 heterocycles. The largest absolute Gasteiger partial charge is 0.311 e. The van der Waals surface area contributed by atoms with Crippen LogP contribution < -0.4 is 5.32 Å². The molecule has 0 aliphatic heterocycles. The third-order valence-corrected chi connectivity index (χ3v) is 3.99. The summed E-state index contributed by atoms with van der Waals surface area (Å²) >= 11 is 0. The monoisotopic (exact) mass is 236 g/mol. The van der Waals surface area contributed by atoms with E-state index >= 15 is 0 Å². The average Bonchev–Trinajstić information content (AvgIpc) is 2.73. The van der Waals surface area contributed by atoms with Gasteiger partial charge >= 0.3 is 0 Å². The summed E-state index contributed by atoms with van der Waals surface area (Å²) in [6.07, 6.45) is 6.59. The van der Waals surface area contributed by atoms with Gasteiger partial charge in [-0.2, -0.15) is 0 Å². The Labute approximate surface area is 104 Å². The number of rotatable bonds is 3. The minimum atomic E-state index is -0.112. The van der Waals surface area contributed by atoms with Gasteiger partial charge in [0.15, 0.2) is 5.82 Å². The van der Waals surface area contributed by atoms with Gasteiger partial charge in [0.1, 0.15) is 5.82 Å². The normalized spacial score (nSPS) is 18.6. The first-order valence-corrected chi connectivity index (χ1v) is 6.67. The summed E-state index contributed by atoms with van der Waals surface area (Å²) in [5.74, 6) is 2.12. The lowest BCUT2D eigenvalue weighted by Crippen LogP contribution is -2.37. The molecule has 0 aromatic carbocycles. The molecule has 1 N–H and O–H groups in total. The zero-order valence-corrected chi connectivity index (χ0v) is 11.5. The highest BCUT2D eigenvalue weighted by Gasteiger charge is 2.29. The minimum Gasteiger partial charge on any atom is -0.311 e. The molecule has 96 valence electrons. The van der Waals surface area contributed by atoms with Crippen LogP contribution in [-0.4, -0.2) is 21.8 Å². The van der Waals surface area contributed by atoms with E-state index < -0.39 is 0 Å². The van der Waals surface area contributed by atoms with Crippen LogP contribution in [0, 0.1) is 6.92 Å². The van der Waals surface area contributed by atoms with Gasteiger partial charge in [0.25, 0.3) is 0 Å². The van der Waals surface area contributed by atoms with E-state index in [0.717, 1.165) is 11.6 Å². The summed E-state index contributed by atoms with van der Waals surface area (Å²) in [6.45, 7) is 6.39. The number of nitrogens with one attached hydrogen (secondary N) is 1. The smallest absolute Gasteiger partial charge is 0.153 e. The lowest BCUT2D eigenvalue weighted by molar-refractivity contribution is 0.309. The molecular weight excluding hydrogens is 212 g/mol. The highest BCUT2D eigenvalue weighted by molar-refractivity contribution is 5.07. The summed E-state index contributed by atoms with van der Waals surface area (Å²) in [5, 5.41) is 12.0. The Morgan fingerprint density at radius 2 is 1.82 bits per heavy atom. The number of nitrogens with zero attached hydrogens (tertiary/aromatic N) is 3. The Balaban J connectivity index is 2.35. The average molecular weight is 236 g/mol. The van der Waals surface area contributed by atoms with Gasteiger partial charge in [-0.1, -0.05) is 19.3 Å². The fourth-order valence-electron chi connectivity index (χ4n) is 2.68. The van der Waals surface area contributed by atoms with Crippen LogP contribution in [0.25, 0.3) is 0 Å². The van der Waals surface area contributed by atoms with E-state index in [9.17, 15) is 0 Å². The van der Waals surface area contributed by atoms with Crippen LogP contribution >= 0.6 is 0 Å². The van der Waals surface area contributed by atoms with Crippen LogP contribution in [0.3, 0.4) is 0 Å². The van der Waals surface area contributed by atoms with Gasteiger partial charge in [-0.3, -0.25) is 0 Å². The predicted molar refractivity (Wildman–Crippen MR) is 69.0 cm³/mol. The van der Waals surface area contributed by atoms with Crippen molar-refractivity contribution in [2.45, 2.75) is 64.5 Å². The van der Waals surface area contributed by atoms with Gasteiger partial charge in [0.2, 0.25) is 0 Å². The molecule has 0 amide bonds. The maximum Gasteiger partial charge on any atom is 0.153 e. The summed E-state index contributed by atoms with van der Waals surface area (Å²) in [5.41, 5.74) is -0.112. The first kappa shape index (κ1) is 12.6. The molecular formula is C13H24N4. The van der Waals surface area contributed by atoms with Crippen LogP contribution in [0.15, 0.2) is 0 Å². The van der Waals surface area contributed by atoms with Crippen molar-refractivity contribution in [2.24, 2.45) is 0 Å². The van der Waals surface area contributed by atoms with Crippen molar-refractivity contribution in [1.82, 2.24) is 20.1 Å². The maximum atomic E-state index is 4.38. The molecule has 0 bridgehead atoms. The Morgan fingerprint density at radius 3 is 2.41 bits per heavy atom. The molecule has 0 saturated heterocycles. The Morgan fingerprint density at radius 1 is 1.18 bits per heavy atom. The van der Waals surface area contributed by atoms with Gasteiger partial charge < -0.3 is 9.88 Å². The molecule has 0 unspecified atom stereocenters. The van der Waals surface area contributed by atoms with Crippen LogP contribution in [0.5, 0.6) is 0 Å². The van der Waals surface area contributed by atoms with E-state index in [1.165, 1.54) is 32.1 Å². The van der Waals surface area contributed by atoms with E-state index in [-0.39, 0.29) is 5.54 Å². The van der Waals surface area contributed by atoms with Gasteiger partial charge in [-0.25, -0.2) is 0 Å². The van der Waals surface area contributed by atoms with E-state index in [2.05, 4.69) is 40.9 Å². The van der Waals surface area contributed by atoms with Crippen molar-refractivity contribution < 1.29 is 0 Å². The summed E-state index contributed by atoms with van der Waals surface area (Å²) in [7, 11) is 1.98. The molecule has 0 atom stereocenters. The topological polar surface area (TPSA) is 42.7 Å². The van der Waals surface area contributed by atoms with Crippen LogP contribution in [0.1, 0.15) is 63.6 Å². The Bertz CT molecular complexity index is 375. The Hall–Kier alpha value is -0.900. The van der Waals surface area contributed by atoms with Crippen LogP contribution in [0.2, 0.25) is 0 Å². The standard InChI is InChI=1S/C13H24N4/c1-10-15-16-12(13(2,3)14-4)17(10)11-8-6-5-7-9-11/h11,14H,5-9H2,1-4H3. The molecule has 1 saturated carbocycles. The number of hydrogen-bond donors (Lipinski definition) is 1. The fraction of sp³-hybridized carbons (Fsp3) is 0.846. The Kier molecular flexibility index (Phi) is 3.52. The van der Waals surface area contributed by atoms with E-state index in [1.807, 2.05) is 7.05 Å². The van der Waals surface area contributed by atoms with Crippen molar-refractivity contribution in [3.8, 4) is 0 Å². The highest BCUT2D eigenvalue weighted by atomic mass is 15.3. The molecule has 1 aliphatic rings. The summed E-state index contributed by atoms with van der Waals surface area (Å²) < 4.78 is 2.36. The molecule has 0 radical (unpaired) electrons. The first-order chi connectivity index (χ1) is 8.06. The first-order valence-electron chi connectivity index (χ1n) is 6.67. The third kappa shape index (κ3) is 2.37. The third-order valence-electron chi connectivity index (χ3n) is 3.99. The van der Waals surface area contributed by atoms with Crippen molar-refractivity contribution >= 4 is 0 Å². The SMILES string of the molecule is CNC(C)(C)c1nnc(C)n1C1CCCCC1. The van der Waals surface area contributed by atoms with Crippen molar-refractivity contribution in [2.75, 3.05) is 7.05 Å². The van der Waals surface area contributed by atoms with Gasteiger partial charge in [0.05, 0.1) is 5.54 Å². The number of hydrogen-bond acceptors (Lipinski definition) is 3. The molecule has 17 heavy (non-hydrogen) atoms. The molecule has 1 aromatic heterocycles. The fourth-order valence-corrected chi connectivity index (χ4v) is 2.68. The van der Waals surface area contributed by atoms with Crippen molar-refractivity contribution in [3.05, 3.63) is 11.6 Å². The minimum absolute atomic E-state index is 0.112. The van der Waals surface area contributed by atoms with Crippen LogP contribution in [0.4, 0.5) is 0 Å². The lowest BCUT2D eigenvalue weighted by atomic mass is 9.94. The number of aromatic nitrogens is 3. The maximum absolute atomic E-state index is 4.38. The molecule has 0 spiro atoms. The second-order valence-electron chi connectivity index (χ2n) is 5.61. The molecule has 4 nitrogen and oxygen atoms in total. The second kappa shape index (κ2) is 4.77. The molecule has 4 heteroatoms. The van der Waals surface area contributed by atoms with Gasteiger partial charge in [-0.15, -0.1) is 10.2 Å². The summed E-state index contributed by atoms with van der Waals surface area (Å²) in [6, 6.07) is 0.598. The number of aryl methyl sites for hydroxylation is 1.